The maximum absolute atomic E-state index is 5.86. The molecule has 0 amide bonds. The zero-order chi connectivity index (χ0) is 11.4. The average molecular weight is 220 g/mol. The molecule has 0 bridgehead atoms. The number of hydrogen-bond donors (Lipinski definition) is 1. The van der Waals surface area contributed by atoms with Crippen molar-refractivity contribution in [2.24, 2.45) is 5.73 Å². The molecule has 1 aliphatic rings. The van der Waals surface area contributed by atoms with Crippen molar-refractivity contribution in [3.05, 3.63) is 29.6 Å². The molecule has 88 valence electrons. The Balaban J connectivity index is 1.79. The summed E-state index contributed by atoms with van der Waals surface area (Å²) < 4.78 is 5.85. The summed E-state index contributed by atoms with van der Waals surface area (Å²) in [6.45, 7) is 2.63. The molecule has 3 heteroatoms. The molecular formula is C13H20N2O. The Morgan fingerprint density at radius 1 is 1.31 bits per heavy atom. The summed E-state index contributed by atoms with van der Waals surface area (Å²) in [6, 6.07) is 6.43. The van der Waals surface area contributed by atoms with Crippen molar-refractivity contribution in [3.8, 4) is 0 Å². The molecule has 0 spiro atoms. The number of nitrogens with zero attached hydrogens (tertiary/aromatic N) is 1. The topological polar surface area (TPSA) is 48.1 Å². The highest BCUT2D eigenvalue weighted by molar-refractivity contribution is 5.08. The van der Waals surface area contributed by atoms with E-state index in [-0.39, 0.29) is 0 Å². The van der Waals surface area contributed by atoms with E-state index in [2.05, 4.69) is 4.98 Å². The van der Waals surface area contributed by atoms with Crippen molar-refractivity contribution in [3.63, 3.8) is 0 Å². The molecular weight excluding hydrogens is 200 g/mol. The Morgan fingerprint density at radius 3 is 2.75 bits per heavy atom. The maximum atomic E-state index is 5.86. The van der Waals surface area contributed by atoms with Gasteiger partial charge in [0.25, 0.3) is 0 Å². The lowest BCUT2D eigenvalue weighted by Gasteiger charge is -2.26. The van der Waals surface area contributed by atoms with Crippen LogP contribution in [0.4, 0.5) is 0 Å². The summed E-state index contributed by atoms with van der Waals surface area (Å²) in [5.41, 5.74) is 7.93. The van der Waals surface area contributed by atoms with Crippen LogP contribution in [-0.4, -0.2) is 17.1 Å². The molecule has 1 aromatic heterocycles. The van der Waals surface area contributed by atoms with Gasteiger partial charge >= 0.3 is 0 Å². The normalized spacial score (nSPS) is 25.6. The minimum absolute atomic E-state index is 0.377. The Morgan fingerprint density at radius 2 is 2.06 bits per heavy atom. The Hall–Kier alpha value is -0.930. The highest BCUT2D eigenvalue weighted by Gasteiger charge is 2.18. The molecule has 0 aliphatic heterocycles. The van der Waals surface area contributed by atoms with Gasteiger partial charge in [-0.2, -0.15) is 0 Å². The smallest absolute Gasteiger partial charge is 0.0891 e. The Labute approximate surface area is 97.0 Å². The van der Waals surface area contributed by atoms with Crippen molar-refractivity contribution < 1.29 is 4.74 Å². The van der Waals surface area contributed by atoms with E-state index in [0.717, 1.165) is 37.1 Å². The van der Waals surface area contributed by atoms with E-state index in [0.29, 0.717) is 18.8 Å². The third-order valence-electron chi connectivity index (χ3n) is 3.13. The summed E-state index contributed by atoms with van der Waals surface area (Å²) in [7, 11) is 0. The number of hydrogen-bond acceptors (Lipinski definition) is 3. The quantitative estimate of drug-likeness (QED) is 0.849. The summed E-state index contributed by atoms with van der Waals surface area (Å²) >= 11 is 0. The first-order valence-electron chi connectivity index (χ1n) is 6.04. The highest BCUT2D eigenvalue weighted by Crippen LogP contribution is 2.20. The van der Waals surface area contributed by atoms with E-state index in [4.69, 9.17) is 10.5 Å². The molecule has 1 saturated carbocycles. The van der Waals surface area contributed by atoms with Gasteiger partial charge < -0.3 is 10.5 Å². The molecule has 0 radical (unpaired) electrons. The molecule has 2 rings (SSSR count). The molecule has 1 heterocycles. The third kappa shape index (κ3) is 3.29. The molecule has 1 aliphatic carbocycles. The van der Waals surface area contributed by atoms with Gasteiger partial charge in [-0.05, 0) is 44.7 Å². The first-order chi connectivity index (χ1) is 7.74. The second kappa shape index (κ2) is 5.41. The van der Waals surface area contributed by atoms with E-state index in [1.807, 2.05) is 25.1 Å². The molecule has 0 saturated heterocycles. The zero-order valence-corrected chi connectivity index (χ0v) is 9.86. The van der Waals surface area contributed by atoms with Gasteiger partial charge in [-0.3, -0.25) is 4.98 Å². The second-order valence-electron chi connectivity index (χ2n) is 4.62. The standard InChI is InChI=1S/C13H20N2O/c1-10-3-2-4-12(15-10)9-16-13-7-5-11(14)6-8-13/h2-4,11,13H,5-9,14H2,1H3. The van der Waals surface area contributed by atoms with Crippen LogP contribution in [0.25, 0.3) is 0 Å². The SMILES string of the molecule is Cc1cccc(COC2CCC(N)CC2)n1. The van der Waals surface area contributed by atoms with E-state index < -0.39 is 0 Å². The van der Waals surface area contributed by atoms with Gasteiger partial charge in [0.2, 0.25) is 0 Å². The number of aryl methyl sites for hydroxylation is 1. The highest BCUT2D eigenvalue weighted by atomic mass is 16.5. The Bertz CT molecular complexity index is 332. The summed E-state index contributed by atoms with van der Waals surface area (Å²) in [5.74, 6) is 0. The predicted molar refractivity (Wildman–Crippen MR) is 64.0 cm³/mol. The summed E-state index contributed by atoms with van der Waals surface area (Å²) in [5, 5.41) is 0. The van der Waals surface area contributed by atoms with Crippen LogP contribution in [0.5, 0.6) is 0 Å². The molecule has 1 aromatic rings. The van der Waals surface area contributed by atoms with Crippen molar-refractivity contribution in [1.29, 1.82) is 0 Å². The van der Waals surface area contributed by atoms with Crippen LogP contribution in [0.15, 0.2) is 18.2 Å². The molecule has 16 heavy (non-hydrogen) atoms. The first-order valence-corrected chi connectivity index (χ1v) is 6.04. The van der Waals surface area contributed by atoms with Crippen LogP contribution in [0, 0.1) is 6.92 Å². The molecule has 2 N–H and O–H groups in total. The van der Waals surface area contributed by atoms with E-state index in [9.17, 15) is 0 Å². The van der Waals surface area contributed by atoms with Gasteiger partial charge in [-0.1, -0.05) is 6.07 Å². The van der Waals surface area contributed by atoms with Gasteiger partial charge in [-0.25, -0.2) is 0 Å². The average Bonchev–Trinajstić information content (AvgIpc) is 2.28. The largest absolute Gasteiger partial charge is 0.372 e. The maximum Gasteiger partial charge on any atom is 0.0891 e. The fraction of sp³-hybridized carbons (Fsp3) is 0.615. The van der Waals surface area contributed by atoms with Crippen molar-refractivity contribution in [2.45, 2.75) is 51.4 Å². The zero-order valence-electron chi connectivity index (χ0n) is 9.86. The van der Waals surface area contributed by atoms with Gasteiger partial charge in [0.1, 0.15) is 0 Å². The number of nitrogens with two attached hydrogens (primary N) is 1. The first kappa shape index (κ1) is 11.6. The van der Waals surface area contributed by atoms with Gasteiger partial charge in [0.05, 0.1) is 18.4 Å². The number of aromatic nitrogens is 1. The summed E-state index contributed by atoms with van der Waals surface area (Å²) in [4.78, 5) is 4.42. The van der Waals surface area contributed by atoms with E-state index >= 15 is 0 Å². The number of pyridine rings is 1. The molecule has 1 fully saturated rings. The molecule has 0 aromatic carbocycles. The lowest BCUT2D eigenvalue weighted by molar-refractivity contribution is 0.0122. The van der Waals surface area contributed by atoms with Crippen molar-refractivity contribution in [2.75, 3.05) is 0 Å². The van der Waals surface area contributed by atoms with E-state index in [1.54, 1.807) is 0 Å². The van der Waals surface area contributed by atoms with Crippen LogP contribution >= 0.6 is 0 Å². The number of rotatable bonds is 3. The minimum Gasteiger partial charge on any atom is -0.372 e. The van der Waals surface area contributed by atoms with E-state index in [1.165, 1.54) is 0 Å². The molecule has 3 nitrogen and oxygen atoms in total. The fourth-order valence-corrected chi connectivity index (χ4v) is 2.14. The summed E-state index contributed by atoms with van der Waals surface area (Å²) in [6.07, 6.45) is 4.74. The second-order valence-corrected chi connectivity index (χ2v) is 4.62. The van der Waals surface area contributed by atoms with Crippen LogP contribution in [0.1, 0.15) is 37.1 Å². The van der Waals surface area contributed by atoms with Crippen molar-refractivity contribution in [1.82, 2.24) is 4.98 Å². The van der Waals surface area contributed by atoms with Crippen LogP contribution in [0.2, 0.25) is 0 Å². The molecule has 0 unspecified atom stereocenters. The van der Waals surface area contributed by atoms with Gasteiger partial charge in [0, 0.05) is 11.7 Å². The number of ether oxygens (including phenoxy) is 1. The Kier molecular flexibility index (Phi) is 3.91. The van der Waals surface area contributed by atoms with Crippen LogP contribution in [0.3, 0.4) is 0 Å². The third-order valence-corrected chi connectivity index (χ3v) is 3.13. The lowest BCUT2D eigenvalue weighted by Crippen LogP contribution is -2.30. The van der Waals surface area contributed by atoms with Crippen molar-refractivity contribution >= 4 is 0 Å². The van der Waals surface area contributed by atoms with Crippen LogP contribution in [-0.2, 0) is 11.3 Å². The van der Waals surface area contributed by atoms with Gasteiger partial charge in [-0.15, -0.1) is 0 Å². The van der Waals surface area contributed by atoms with Gasteiger partial charge in [0.15, 0.2) is 0 Å². The molecule has 0 atom stereocenters. The van der Waals surface area contributed by atoms with Crippen LogP contribution < -0.4 is 5.73 Å². The monoisotopic (exact) mass is 220 g/mol. The minimum atomic E-state index is 0.377. The fourth-order valence-electron chi connectivity index (χ4n) is 2.14. The lowest BCUT2D eigenvalue weighted by atomic mass is 9.94. The predicted octanol–water partition coefficient (Wildman–Crippen LogP) is 2.18.